The molecular formula is C12H16O2. The summed E-state index contributed by atoms with van der Waals surface area (Å²) < 4.78 is 0. The van der Waals surface area contributed by atoms with Crippen LogP contribution >= 0.6 is 0 Å². The molecule has 0 saturated heterocycles. The molecule has 1 atom stereocenters. The molecule has 1 aromatic carbocycles. The van der Waals surface area contributed by atoms with Crippen molar-refractivity contribution in [3.05, 3.63) is 34.9 Å². The maximum atomic E-state index is 10.6. The van der Waals surface area contributed by atoms with Crippen molar-refractivity contribution in [1.29, 1.82) is 0 Å². The zero-order chi connectivity index (χ0) is 10.7. The minimum absolute atomic E-state index is 0.0890. The van der Waals surface area contributed by atoms with E-state index in [2.05, 4.69) is 18.2 Å². The molecule has 0 aliphatic carbocycles. The normalized spacial score (nSPS) is 12.5. The van der Waals surface area contributed by atoms with Crippen LogP contribution in [-0.2, 0) is 4.79 Å². The van der Waals surface area contributed by atoms with Crippen LogP contribution in [0.15, 0.2) is 18.2 Å². The fraction of sp³-hybridized carbons (Fsp3) is 0.417. The lowest BCUT2D eigenvalue weighted by atomic mass is 9.95. The smallest absolute Gasteiger partial charge is 0.303 e. The third-order valence-corrected chi connectivity index (χ3v) is 2.29. The van der Waals surface area contributed by atoms with Gasteiger partial charge in [-0.05, 0) is 25.3 Å². The predicted molar refractivity (Wildman–Crippen MR) is 56.6 cm³/mol. The van der Waals surface area contributed by atoms with Crippen molar-refractivity contribution in [3.63, 3.8) is 0 Å². The molecule has 14 heavy (non-hydrogen) atoms. The van der Waals surface area contributed by atoms with E-state index in [1.807, 2.05) is 20.8 Å². The van der Waals surface area contributed by atoms with Crippen LogP contribution < -0.4 is 0 Å². The highest BCUT2D eigenvalue weighted by molar-refractivity contribution is 5.68. The molecule has 0 aliphatic heterocycles. The molecule has 0 radical (unpaired) electrons. The van der Waals surface area contributed by atoms with Crippen molar-refractivity contribution in [2.45, 2.75) is 33.1 Å². The molecule has 0 saturated carbocycles. The number of benzene rings is 1. The third-order valence-electron chi connectivity index (χ3n) is 2.29. The van der Waals surface area contributed by atoms with Gasteiger partial charge in [0, 0.05) is 0 Å². The van der Waals surface area contributed by atoms with Gasteiger partial charge in [-0.25, -0.2) is 0 Å². The van der Waals surface area contributed by atoms with Gasteiger partial charge in [0.2, 0.25) is 0 Å². The van der Waals surface area contributed by atoms with E-state index in [0.717, 1.165) is 5.56 Å². The molecule has 0 spiro atoms. The molecular weight excluding hydrogens is 176 g/mol. The molecule has 76 valence electrons. The summed E-state index contributed by atoms with van der Waals surface area (Å²) >= 11 is 0. The lowest BCUT2D eigenvalue weighted by Crippen LogP contribution is -2.03. The predicted octanol–water partition coefficient (Wildman–Crippen LogP) is 2.88. The van der Waals surface area contributed by atoms with Crippen molar-refractivity contribution in [3.8, 4) is 0 Å². The summed E-state index contributed by atoms with van der Waals surface area (Å²) in [6.07, 6.45) is 0.197. The van der Waals surface area contributed by atoms with Gasteiger partial charge in [-0.2, -0.15) is 0 Å². The number of carboxylic acids is 1. The van der Waals surface area contributed by atoms with Crippen LogP contribution in [0.5, 0.6) is 0 Å². The first-order valence-electron chi connectivity index (χ1n) is 4.79. The maximum Gasteiger partial charge on any atom is 0.303 e. The Balaban J connectivity index is 2.89. The highest BCUT2D eigenvalue weighted by Crippen LogP contribution is 2.21. The number of carbonyl (C=O) groups is 1. The van der Waals surface area contributed by atoms with E-state index >= 15 is 0 Å². The van der Waals surface area contributed by atoms with E-state index in [9.17, 15) is 4.79 Å². The first-order valence-corrected chi connectivity index (χ1v) is 4.79. The van der Waals surface area contributed by atoms with Crippen molar-refractivity contribution in [2.24, 2.45) is 0 Å². The summed E-state index contributed by atoms with van der Waals surface area (Å²) in [6, 6.07) is 6.21. The van der Waals surface area contributed by atoms with E-state index in [-0.39, 0.29) is 12.3 Å². The number of hydrogen-bond acceptors (Lipinski definition) is 1. The van der Waals surface area contributed by atoms with Gasteiger partial charge in [0.05, 0.1) is 6.42 Å². The average molecular weight is 192 g/mol. The fourth-order valence-corrected chi connectivity index (χ4v) is 1.67. The largest absolute Gasteiger partial charge is 0.481 e. The van der Waals surface area contributed by atoms with E-state index in [4.69, 9.17) is 5.11 Å². The highest BCUT2D eigenvalue weighted by Gasteiger charge is 2.10. The van der Waals surface area contributed by atoms with E-state index in [1.54, 1.807) is 0 Å². The van der Waals surface area contributed by atoms with Gasteiger partial charge in [0.1, 0.15) is 0 Å². The van der Waals surface area contributed by atoms with Crippen molar-refractivity contribution < 1.29 is 9.90 Å². The van der Waals surface area contributed by atoms with Crippen LogP contribution in [0, 0.1) is 13.8 Å². The van der Waals surface area contributed by atoms with Crippen molar-refractivity contribution in [1.82, 2.24) is 0 Å². The van der Waals surface area contributed by atoms with Gasteiger partial charge in [0.15, 0.2) is 0 Å². The summed E-state index contributed by atoms with van der Waals surface area (Å²) in [4.78, 5) is 10.6. The first kappa shape index (κ1) is 10.8. The molecule has 0 aliphatic rings. The zero-order valence-electron chi connectivity index (χ0n) is 8.87. The van der Waals surface area contributed by atoms with Crippen molar-refractivity contribution in [2.75, 3.05) is 0 Å². The van der Waals surface area contributed by atoms with Crippen LogP contribution in [0.25, 0.3) is 0 Å². The second kappa shape index (κ2) is 4.27. The number of carboxylic acid groups (broad SMARTS) is 1. The Hall–Kier alpha value is -1.31. The molecule has 1 aromatic rings. The second-order valence-corrected chi connectivity index (χ2v) is 3.92. The molecule has 0 aromatic heterocycles. The Morgan fingerprint density at radius 3 is 2.21 bits per heavy atom. The number of aliphatic carboxylic acids is 1. The monoisotopic (exact) mass is 192 g/mol. The van der Waals surface area contributed by atoms with Gasteiger partial charge >= 0.3 is 5.97 Å². The Kier molecular flexibility index (Phi) is 3.28. The number of hydrogen-bond donors (Lipinski definition) is 1. The fourth-order valence-electron chi connectivity index (χ4n) is 1.67. The van der Waals surface area contributed by atoms with Crippen LogP contribution in [0.4, 0.5) is 0 Å². The number of rotatable bonds is 3. The molecule has 1 N–H and O–H groups in total. The molecule has 0 heterocycles. The highest BCUT2D eigenvalue weighted by atomic mass is 16.4. The van der Waals surface area contributed by atoms with Gasteiger partial charge in [-0.3, -0.25) is 4.79 Å². The summed E-state index contributed by atoms with van der Waals surface area (Å²) in [5, 5.41) is 8.68. The summed E-state index contributed by atoms with van der Waals surface area (Å²) in [7, 11) is 0. The van der Waals surface area contributed by atoms with Gasteiger partial charge < -0.3 is 5.11 Å². The number of aryl methyl sites for hydroxylation is 2. The molecule has 2 heteroatoms. The van der Waals surface area contributed by atoms with Gasteiger partial charge in [-0.15, -0.1) is 0 Å². The van der Waals surface area contributed by atoms with Gasteiger partial charge in [-0.1, -0.05) is 36.2 Å². The molecule has 0 fully saturated rings. The lowest BCUT2D eigenvalue weighted by molar-refractivity contribution is -0.137. The maximum absolute atomic E-state index is 10.6. The van der Waals surface area contributed by atoms with Crippen molar-refractivity contribution >= 4 is 5.97 Å². The Morgan fingerprint density at radius 2 is 1.79 bits per heavy atom. The molecule has 0 unspecified atom stereocenters. The first-order chi connectivity index (χ1) is 6.49. The van der Waals surface area contributed by atoms with Gasteiger partial charge in [0.25, 0.3) is 0 Å². The van der Waals surface area contributed by atoms with Crippen LogP contribution in [0.3, 0.4) is 0 Å². The summed E-state index contributed by atoms with van der Waals surface area (Å²) in [6.45, 7) is 6.01. The SMILES string of the molecule is Cc1cc(C)cc([C@@H](C)CC(=O)O)c1. The minimum Gasteiger partial charge on any atom is -0.481 e. The molecule has 1 rings (SSSR count). The average Bonchev–Trinajstić information content (AvgIpc) is 2.00. The van der Waals surface area contributed by atoms with E-state index < -0.39 is 5.97 Å². The van der Waals surface area contributed by atoms with Crippen LogP contribution in [-0.4, -0.2) is 11.1 Å². The lowest BCUT2D eigenvalue weighted by Gasteiger charge is -2.11. The minimum atomic E-state index is -0.739. The Labute approximate surface area is 84.6 Å². The van der Waals surface area contributed by atoms with E-state index in [0.29, 0.717) is 0 Å². The standard InChI is InChI=1S/C12H16O2/c1-8-4-9(2)6-11(5-8)10(3)7-12(13)14/h4-6,10H,7H2,1-3H3,(H,13,14)/t10-/m0/s1. The Bertz CT molecular complexity index is 322. The molecule has 0 bridgehead atoms. The zero-order valence-corrected chi connectivity index (χ0v) is 8.87. The van der Waals surface area contributed by atoms with E-state index in [1.165, 1.54) is 11.1 Å². The van der Waals surface area contributed by atoms with Crippen LogP contribution in [0.2, 0.25) is 0 Å². The molecule has 2 nitrogen and oxygen atoms in total. The quantitative estimate of drug-likeness (QED) is 0.799. The second-order valence-electron chi connectivity index (χ2n) is 3.92. The Morgan fingerprint density at radius 1 is 1.29 bits per heavy atom. The van der Waals surface area contributed by atoms with Crippen LogP contribution in [0.1, 0.15) is 36.0 Å². The topological polar surface area (TPSA) is 37.3 Å². The molecule has 0 amide bonds. The summed E-state index contributed by atoms with van der Waals surface area (Å²) in [5.74, 6) is -0.650. The summed E-state index contributed by atoms with van der Waals surface area (Å²) in [5.41, 5.74) is 3.50. The third kappa shape index (κ3) is 2.87.